The van der Waals surface area contributed by atoms with Gasteiger partial charge in [-0.05, 0) is 12.0 Å². The molecule has 1 rings (SSSR count). The van der Waals surface area contributed by atoms with Gasteiger partial charge in [-0.2, -0.15) is 0 Å². The molecule has 0 N–H and O–H groups in total. The lowest BCUT2D eigenvalue weighted by Crippen LogP contribution is -2.12. The molecule has 0 aliphatic heterocycles. The summed E-state index contributed by atoms with van der Waals surface area (Å²) >= 11 is 0. The molecule has 1 aromatic carbocycles. The molecule has 0 saturated heterocycles. The summed E-state index contributed by atoms with van der Waals surface area (Å²) in [5.74, 6) is 0.150. The highest BCUT2D eigenvalue weighted by Crippen LogP contribution is 2.00. The molecule has 0 aliphatic carbocycles. The van der Waals surface area contributed by atoms with E-state index in [1.54, 1.807) is 0 Å². The maximum Gasteiger partial charge on any atom is 0.162 e. The van der Waals surface area contributed by atoms with Gasteiger partial charge in [-0.3, -0.25) is 4.79 Å². The van der Waals surface area contributed by atoms with Gasteiger partial charge in [0, 0.05) is 13.0 Å². The SMILES string of the molecule is CCCCOCC(=O)Cc1ccccc1. The van der Waals surface area contributed by atoms with E-state index in [0.29, 0.717) is 13.0 Å². The molecule has 0 spiro atoms. The Morgan fingerprint density at radius 1 is 1.27 bits per heavy atom. The van der Waals surface area contributed by atoms with Gasteiger partial charge < -0.3 is 4.74 Å². The zero-order valence-corrected chi connectivity index (χ0v) is 9.24. The van der Waals surface area contributed by atoms with Crippen LogP contribution < -0.4 is 0 Å². The first kappa shape index (κ1) is 11.9. The van der Waals surface area contributed by atoms with Crippen LogP contribution in [-0.4, -0.2) is 19.0 Å². The predicted molar refractivity (Wildman–Crippen MR) is 60.9 cm³/mol. The molecule has 0 aliphatic rings. The molecule has 0 fully saturated rings. The number of unbranched alkanes of at least 4 members (excludes halogenated alkanes) is 1. The summed E-state index contributed by atoms with van der Waals surface area (Å²) in [5, 5.41) is 0. The minimum atomic E-state index is 0.150. The largest absolute Gasteiger partial charge is 0.374 e. The normalized spacial score (nSPS) is 10.2. The van der Waals surface area contributed by atoms with E-state index in [1.165, 1.54) is 0 Å². The Bertz CT molecular complexity index is 280. The highest BCUT2D eigenvalue weighted by Gasteiger charge is 2.02. The van der Waals surface area contributed by atoms with Crippen LogP contribution in [0.5, 0.6) is 0 Å². The van der Waals surface area contributed by atoms with E-state index in [0.717, 1.165) is 18.4 Å². The third kappa shape index (κ3) is 5.33. The van der Waals surface area contributed by atoms with E-state index in [4.69, 9.17) is 4.74 Å². The summed E-state index contributed by atoms with van der Waals surface area (Å²) in [5.41, 5.74) is 1.06. The third-order valence-corrected chi connectivity index (χ3v) is 2.15. The van der Waals surface area contributed by atoms with Crippen LogP contribution in [0, 0.1) is 0 Å². The van der Waals surface area contributed by atoms with Gasteiger partial charge in [0.05, 0.1) is 0 Å². The van der Waals surface area contributed by atoms with Crippen molar-refractivity contribution >= 4 is 5.78 Å². The smallest absolute Gasteiger partial charge is 0.162 e. The van der Waals surface area contributed by atoms with Crippen LogP contribution in [0.15, 0.2) is 30.3 Å². The Balaban J connectivity index is 2.19. The van der Waals surface area contributed by atoms with E-state index in [-0.39, 0.29) is 12.4 Å². The maximum atomic E-state index is 11.5. The molecule has 82 valence electrons. The quantitative estimate of drug-likeness (QED) is 0.641. The highest BCUT2D eigenvalue weighted by molar-refractivity contribution is 5.81. The van der Waals surface area contributed by atoms with Gasteiger partial charge in [0.25, 0.3) is 0 Å². The van der Waals surface area contributed by atoms with E-state index in [9.17, 15) is 4.79 Å². The van der Waals surface area contributed by atoms with Crippen LogP contribution in [0.3, 0.4) is 0 Å². The minimum Gasteiger partial charge on any atom is -0.374 e. The lowest BCUT2D eigenvalue weighted by molar-refractivity contribution is -0.122. The summed E-state index contributed by atoms with van der Waals surface area (Å²) in [4.78, 5) is 11.5. The second kappa shape index (κ2) is 7.18. The Hall–Kier alpha value is -1.15. The number of hydrogen-bond acceptors (Lipinski definition) is 2. The van der Waals surface area contributed by atoms with E-state index < -0.39 is 0 Å². The summed E-state index contributed by atoms with van der Waals surface area (Å²) in [6.45, 7) is 3.04. The number of rotatable bonds is 7. The number of carbonyl (C=O) groups is 1. The molecule has 2 heteroatoms. The molecule has 0 amide bonds. The first-order chi connectivity index (χ1) is 7.33. The molecule has 2 nitrogen and oxygen atoms in total. The molecule has 0 atom stereocenters. The van der Waals surface area contributed by atoms with Crippen molar-refractivity contribution in [3.63, 3.8) is 0 Å². The van der Waals surface area contributed by atoms with Crippen LogP contribution in [-0.2, 0) is 16.0 Å². The van der Waals surface area contributed by atoms with Crippen molar-refractivity contribution in [3.8, 4) is 0 Å². The van der Waals surface area contributed by atoms with Crippen LogP contribution in [0.1, 0.15) is 25.3 Å². The molecule has 0 heterocycles. The van der Waals surface area contributed by atoms with Gasteiger partial charge in [-0.25, -0.2) is 0 Å². The van der Waals surface area contributed by atoms with Gasteiger partial charge in [0.1, 0.15) is 6.61 Å². The second-order valence-corrected chi connectivity index (χ2v) is 3.61. The molecule has 15 heavy (non-hydrogen) atoms. The number of ether oxygens (including phenoxy) is 1. The Kier molecular flexibility index (Phi) is 5.71. The van der Waals surface area contributed by atoms with E-state index in [1.807, 2.05) is 30.3 Å². The Morgan fingerprint density at radius 3 is 2.67 bits per heavy atom. The first-order valence-electron chi connectivity index (χ1n) is 5.46. The molecular weight excluding hydrogens is 188 g/mol. The predicted octanol–water partition coefficient (Wildman–Crippen LogP) is 2.61. The average Bonchev–Trinajstić information content (AvgIpc) is 2.26. The lowest BCUT2D eigenvalue weighted by Gasteiger charge is -2.02. The van der Waals surface area contributed by atoms with Crippen molar-refractivity contribution in [1.29, 1.82) is 0 Å². The number of ketones is 1. The second-order valence-electron chi connectivity index (χ2n) is 3.61. The van der Waals surface area contributed by atoms with Crippen molar-refractivity contribution in [2.45, 2.75) is 26.2 Å². The van der Waals surface area contributed by atoms with Gasteiger partial charge in [-0.15, -0.1) is 0 Å². The van der Waals surface area contributed by atoms with Crippen molar-refractivity contribution in [3.05, 3.63) is 35.9 Å². The molecule has 0 radical (unpaired) electrons. The van der Waals surface area contributed by atoms with Gasteiger partial charge in [-0.1, -0.05) is 43.7 Å². The van der Waals surface area contributed by atoms with Crippen LogP contribution in [0.25, 0.3) is 0 Å². The summed E-state index contributed by atoms with van der Waals surface area (Å²) in [7, 11) is 0. The lowest BCUT2D eigenvalue weighted by atomic mass is 10.1. The van der Waals surface area contributed by atoms with Gasteiger partial charge in [0.2, 0.25) is 0 Å². The fourth-order valence-electron chi connectivity index (χ4n) is 1.31. The first-order valence-corrected chi connectivity index (χ1v) is 5.46. The monoisotopic (exact) mass is 206 g/mol. The molecule has 0 aromatic heterocycles. The van der Waals surface area contributed by atoms with Gasteiger partial charge >= 0.3 is 0 Å². The maximum absolute atomic E-state index is 11.5. The van der Waals surface area contributed by atoms with Crippen molar-refractivity contribution < 1.29 is 9.53 Å². The molecular formula is C13H18O2. The van der Waals surface area contributed by atoms with Crippen LogP contribution >= 0.6 is 0 Å². The fourth-order valence-corrected chi connectivity index (χ4v) is 1.31. The van der Waals surface area contributed by atoms with E-state index >= 15 is 0 Å². The van der Waals surface area contributed by atoms with Crippen LogP contribution in [0.2, 0.25) is 0 Å². The molecule has 0 bridgehead atoms. The third-order valence-electron chi connectivity index (χ3n) is 2.15. The zero-order chi connectivity index (χ0) is 10.9. The standard InChI is InChI=1S/C13H18O2/c1-2-3-9-15-11-13(14)10-12-7-5-4-6-8-12/h4-8H,2-3,9-11H2,1H3. The number of benzene rings is 1. The average molecular weight is 206 g/mol. The van der Waals surface area contributed by atoms with Crippen molar-refractivity contribution in [2.75, 3.05) is 13.2 Å². The highest BCUT2D eigenvalue weighted by atomic mass is 16.5. The Labute approximate surface area is 91.3 Å². The summed E-state index contributed by atoms with van der Waals surface area (Å²) in [6.07, 6.45) is 2.61. The van der Waals surface area contributed by atoms with Crippen molar-refractivity contribution in [1.82, 2.24) is 0 Å². The minimum absolute atomic E-state index is 0.150. The number of carbonyl (C=O) groups excluding carboxylic acids is 1. The topological polar surface area (TPSA) is 26.3 Å². The fraction of sp³-hybridized carbons (Fsp3) is 0.462. The summed E-state index contributed by atoms with van der Waals surface area (Å²) in [6, 6.07) is 9.76. The molecule has 1 aromatic rings. The van der Waals surface area contributed by atoms with Crippen molar-refractivity contribution in [2.24, 2.45) is 0 Å². The molecule has 0 unspecified atom stereocenters. The Morgan fingerprint density at radius 2 is 2.00 bits per heavy atom. The number of hydrogen-bond donors (Lipinski definition) is 0. The van der Waals surface area contributed by atoms with E-state index in [2.05, 4.69) is 6.92 Å². The molecule has 0 saturated carbocycles. The summed E-state index contributed by atoms with van der Waals surface area (Å²) < 4.78 is 5.26. The zero-order valence-electron chi connectivity index (χ0n) is 9.24. The van der Waals surface area contributed by atoms with Gasteiger partial charge in [0.15, 0.2) is 5.78 Å². The van der Waals surface area contributed by atoms with Crippen LogP contribution in [0.4, 0.5) is 0 Å². The number of Topliss-reactive ketones (excluding diaryl/α,β-unsaturated/α-hetero) is 1.